The van der Waals surface area contributed by atoms with Crippen molar-refractivity contribution in [1.82, 2.24) is 20.4 Å². The highest BCUT2D eigenvalue weighted by molar-refractivity contribution is 6.30. The van der Waals surface area contributed by atoms with E-state index in [9.17, 15) is 9.59 Å². The lowest BCUT2D eigenvalue weighted by molar-refractivity contribution is -0.131. The van der Waals surface area contributed by atoms with E-state index in [2.05, 4.69) is 20.5 Å². The van der Waals surface area contributed by atoms with Crippen LogP contribution in [0.15, 0.2) is 29.3 Å². The third kappa shape index (κ3) is 7.03. The van der Waals surface area contributed by atoms with E-state index in [-0.39, 0.29) is 23.9 Å². The topological polar surface area (TPSA) is 77.0 Å². The van der Waals surface area contributed by atoms with E-state index in [1.807, 2.05) is 43.9 Å². The molecule has 0 bridgehead atoms. The van der Waals surface area contributed by atoms with E-state index in [1.165, 1.54) is 0 Å². The highest BCUT2D eigenvalue weighted by atomic mass is 35.5. The summed E-state index contributed by atoms with van der Waals surface area (Å²) in [4.78, 5) is 32.7. The van der Waals surface area contributed by atoms with Crippen LogP contribution >= 0.6 is 11.6 Å². The Labute approximate surface area is 172 Å². The van der Waals surface area contributed by atoms with Crippen LogP contribution in [0.3, 0.4) is 0 Å². The molecule has 0 radical (unpaired) electrons. The fraction of sp³-hybridized carbons (Fsp3) is 0.550. The summed E-state index contributed by atoms with van der Waals surface area (Å²) in [6, 6.07) is 7.39. The van der Waals surface area contributed by atoms with Crippen LogP contribution in [0.4, 0.5) is 0 Å². The van der Waals surface area contributed by atoms with Gasteiger partial charge in [0.15, 0.2) is 5.96 Å². The van der Waals surface area contributed by atoms with Gasteiger partial charge in [0.05, 0.1) is 13.0 Å². The van der Waals surface area contributed by atoms with Gasteiger partial charge in [-0.2, -0.15) is 0 Å². The van der Waals surface area contributed by atoms with Gasteiger partial charge in [-0.05, 0) is 38.5 Å². The number of hydrogen-bond acceptors (Lipinski definition) is 3. The smallest absolute Gasteiger partial charge is 0.239 e. The van der Waals surface area contributed by atoms with E-state index < -0.39 is 0 Å². The van der Waals surface area contributed by atoms with Crippen molar-refractivity contribution in [3.63, 3.8) is 0 Å². The first-order chi connectivity index (χ1) is 13.2. The zero-order chi connectivity index (χ0) is 20.7. The summed E-state index contributed by atoms with van der Waals surface area (Å²) in [5.74, 6) is 0.685. The van der Waals surface area contributed by atoms with Crippen molar-refractivity contribution in [2.24, 2.45) is 4.99 Å². The molecule has 1 aromatic rings. The van der Waals surface area contributed by atoms with Crippen molar-refractivity contribution >= 4 is 29.4 Å². The fourth-order valence-corrected chi connectivity index (χ4v) is 3.27. The average Bonchev–Trinajstić information content (AvgIpc) is 2.61. The molecule has 1 saturated heterocycles. The number of amides is 2. The number of halogens is 1. The summed E-state index contributed by atoms with van der Waals surface area (Å²) in [5, 5.41) is 6.65. The molecular formula is C20H30ClN5O2. The Balaban J connectivity index is 1.81. The van der Waals surface area contributed by atoms with Gasteiger partial charge in [-0.1, -0.05) is 23.7 Å². The summed E-state index contributed by atoms with van der Waals surface area (Å²) < 4.78 is 0. The molecular weight excluding hydrogens is 378 g/mol. The molecule has 2 N–H and O–H groups in total. The lowest BCUT2D eigenvalue weighted by atomic mass is 10.1. The molecule has 1 heterocycles. The van der Waals surface area contributed by atoms with E-state index in [4.69, 9.17) is 11.6 Å². The van der Waals surface area contributed by atoms with Gasteiger partial charge in [-0.3, -0.25) is 14.6 Å². The largest absolute Gasteiger partial charge is 0.350 e. The number of piperazine rings is 1. The summed E-state index contributed by atoms with van der Waals surface area (Å²) in [7, 11) is 1.70. The molecule has 1 aliphatic rings. The van der Waals surface area contributed by atoms with Crippen LogP contribution in [0.25, 0.3) is 0 Å². The molecule has 1 fully saturated rings. The molecule has 8 heteroatoms. The Kier molecular flexibility index (Phi) is 7.69. The van der Waals surface area contributed by atoms with Crippen LogP contribution in [0.1, 0.15) is 26.3 Å². The van der Waals surface area contributed by atoms with Crippen LogP contribution in [0.5, 0.6) is 0 Å². The third-order valence-electron chi connectivity index (χ3n) is 4.31. The van der Waals surface area contributed by atoms with Gasteiger partial charge in [0, 0.05) is 43.8 Å². The molecule has 2 amide bonds. The number of guanidine groups is 1. The summed E-state index contributed by atoms with van der Waals surface area (Å²) in [6.45, 7) is 8.57. The predicted molar refractivity (Wildman–Crippen MR) is 113 cm³/mol. The number of rotatable bonds is 4. The molecule has 0 aliphatic carbocycles. The average molecular weight is 408 g/mol. The molecule has 28 heavy (non-hydrogen) atoms. The fourth-order valence-electron chi connectivity index (χ4n) is 3.06. The van der Waals surface area contributed by atoms with Crippen LogP contribution in [-0.2, 0) is 16.0 Å². The zero-order valence-electron chi connectivity index (χ0n) is 17.1. The van der Waals surface area contributed by atoms with Gasteiger partial charge in [-0.15, -0.1) is 0 Å². The van der Waals surface area contributed by atoms with Gasteiger partial charge in [0.2, 0.25) is 11.8 Å². The maximum Gasteiger partial charge on any atom is 0.239 e. The first-order valence-electron chi connectivity index (χ1n) is 9.47. The van der Waals surface area contributed by atoms with Crippen LogP contribution in [0, 0.1) is 0 Å². The number of nitrogens with zero attached hydrogens (tertiary/aromatic N) is 3. The van der Waals surface area contributed by atoms with Gasteiger partial charge in [0.25, 0.3) is 0 Å². The summed E-state index contributed by atoms with van der Waals surface area (Å²) >= 11 is 5.99. The molecule has 0 unspecified atom stereocenters. The lowest BCUT2D eigenvalue weighted by Crippen LogP contribution is -2.55. The van der Waals surface area contributed by atoms with Gasteiger partial charge >= 0.3 is 0 Å². The molecule has 0 aromatic heterocycles. The van der Waals surface area contributed by atoms with E-state index in [0.29, 0.717) is 43.6 Å². The van der Waals surface area contributed by atoms with Crippen LogP contribution in [-0.4, -0.2) is 72.9 Å². The molecule has 2 rings (SSSR count). The highest BCUT2D eigenvalue weighted by Crippen LogP contribution is 2.13. The van der Waals surface area contributed by atoms with E-state index in [1.54, 1.807) is 13.1 Å². The normalized spacial score (nSPS) is 15.4. The third-order valence-corrected chi connectivity index (χ3v) is 4.54. The van der Waals surface area contributed by atoms with Crippen molar-refractivity contribution < 1.29 is 9.59 Å². The van der Waals surface area contributed by atoms with Gasteiger partial charge in [0.1, 0.15) is 0 Å². The van der Waals surface area contributed by atoms with Crippen molar-refractivity contribution in [3.05, 3.63) is 34.9 Å². The maximum atomic E-state index is 12.5. The molecule has 0 saturated carbocycles. The second kappa shape index (κ2) is 9.78. The van der Waals surface area contributed by atoms with Crippen molar-refractivity contribution in [2.45, 2.75) is 32.7 Å². The van der Waals surface area contributed by atoms with Crippen LogP contribution in [0.2, 0.25) is 5.02 Å². The minimum absolute atomic E-state index is 0.0796. The minimum atomic E-state index is -0.267. The monoisotopic (exact) mass is 407 g/mol. The van der Waals surface area contributed by atoms with Crippen molar-refractivity contribution in [1.29, 1.82) is 0 Å². The van der Waals surface area contributed by atoms with E-state index in [0.717, 1.165) is 5.56 Å². The first kappa shape index (κ1) is 22.0. The Bertz CT molecular complexity index is 722. The lowest BCUT2D eigenvalue weighted by Gasteiger charge is -2.36. The van der Waals surface area contributed by atoms with Gasteiger partial charge in [-0.25, -0.2) is 0 Å². The minimum Gasteiger partial charge on any atom is -0.350 e. The number of carbonyl (C=O) groups is 2. The Morgan fingerprint density at radius 3 is 2.36 bits per heavy atom. The quantitative estimate of drug-likeness (QED) is 0.586. The molecule has 0 atom stereocenters. The number of carbonyl (C=O) groups excluding carboxylic acids is 2. The summed E-state index contributed by atoms with van der Waals surface area (Å²) in [6.07, 6.45) is 0.348. The van der Waals surface area contributed by atoms with Gasteiger partial charge < -0.3 is 20.4 Å². The molecule has 1 aliphatic heterocycles. The van der Waals surface area contributed by atoms with Crippen LogP contribution < -0.4 is 10.6 Å². The number of hydrogen-bond donors (Lipinski definition) is 2. The van der Waals surface area contributed by atoms with Crippen molar-refractivity contribution in [2.75, 3.05) is 39.8 Å². The predicted octanol–water partition coefficient (Wildman–Crippen LogP) is 1.52. The Morgan fingerprint density at radius 2 is 1.79 bits per heavy atom. The zero-order valence-corrected chi connectivity index (χ0v) is 17.8. The molecule has 0 spiro atoms. The Hall–Kier alpha value is -2.28. The second-order valence-corrected chi connectivity index (χ2v) is 8.31. The highest BCUT2D eigenvalue weighted by Gasteiger charge is 2.23. The molecule has 1 aromatic carbocycles. The van der Waals surface area contributed by atoms with E-state index >= 15 is 0 Å². The summed E-state index contributed by atoms with van der Waals surface area (Å²) in [5.41, 5.74) is 0.652. The Morgan fingerprint density at radius 1 is 1.14 bits per heavy atom. The number of nitrogens with one attached hydrogen (secondary N) is 2. The molecule has 7 nitrogen and oxygen atoms in total. The first-order valence-corrected chi connectivity index (χ1v) is 9.84. The van der Waals surface area contributed by atoms with Crippen molar-refractivity contribution in [3.8, 4) is 0 Å². The number of benzene rings is 1. The SMILES string of the molecule is CN=C(NCC(=O)NC(C)(C)C)N1CCN(C(=O)Cc2cccc(Cl)c2)CC1. The maximum absolute atomic E-state index is 12.5. The standard InChI is InChI=1S/C20H30ClN5O2/c1-20(2,3)24-17(27)14-23-19(22-4)26-10-8-25(9-11-26)18(28)13-15-6-5-7-16(21)12-15/h5-7,12H,8-11,13-14H2,1-4H3,(H,22,23)(H,24,27). The molecule has 154 valence electrons. The number of aliphatic imine (C=N–C) groups is 1. The second-order valence-electron chi connectivity index (χ2n) is 7.87.